The molecule has 0 fully saturated rings. The number of hydrogen-bond acceptors (Lipinski definition) is 2. The number of nitrogens with one attached hydrogen (secondary N) is 2. The summed E-state index contributed by atoms with van der Waals surface area (Å²) >= 11 is 0. The van der Waals surface area contributed by atoms with Gasteiger partial charge in [-0.2, -0.15) is 0 Å². The molecule has 0 saturated heterocycles. The molecule has 108 valence electrons. The molecule has 1 heterocycles. The van der Waals surface area contributed by atoms with Crippen molar-refractivity contribution in [3.63, 3.8) is 0 Å². The second-order valence-corrected chi connectivity index (χ2v) is 4.86. The van der Waals surface area contributed by atoms with Crippen molar-refractivity contribution in [2.24, 2.45) is 0 Å². The van der Waals surface area contributed by atoms with Crippen molar-refractivity contribution >= 4 is 28.6 Å². The lowest BCUT2D eigenvalue weighted by molar-refractivity contribution is 0.102. The molecular weight excluding hydrogens is 276 g/mol. The molecule has 0 atom stereocenters. The van der Waals surface area contributed by atoms with Crippen LogP contribution in [0.15, 0.2) is 66.1 Å². The van der Waals surface area contributed by atoms with Crippen LogP contribution in [0.4, 0.5) is 5.69 Å². The Morgan fingerprint density at radius 2 is 1.82 bits per heavy atom. The molecule has 0 aliphatic heterocycles. The number of carbonyl (C=O) groups excluding carboxylic acids is 1. The number of para-hydroxylation sites is 1. The Kier molecular flexibility index (Phi) is 3.58. The summed E-state index contributed by atoms with van der Waals surface area (Å²) in [5, 5.41) is 3.22. The number of benzene rings is 2. The van der Waals surface area contributed by atoms with Gasteiger partial charge < -0.3 is 10.3 Å². The Balaban J connectivity index is 1.93. The lowest BCUT2D eigenvalue weighted by Crippen LogP contribution is -2.21. The maximum Gasteiger partial charge on any atom is 0.261 e. The first-order chi connectivity index (χ1) is 10.7. The van der Waals surface area contributed by atoms with E-state index in [9.17, 15) is 9.59 Å². The first-order valence-electron chi connectivity index (χ1n) is 6.83. The van der Waals surface area contributed by atoms with Crippen LogP contribution in [-0.2, 0) is 0 Å². The van der Waals surface area contributed by atoms with Crippen molar-refractivity contribution in [1.82, 2.24) is 4.98 Å². The summed E-state index contributed by atoms with van der Waals surface area (Å²) in [6.07, 6.45) is 3.16. The number of anilines is 1. The van der Waals surface area contributed by atoms with Gasteiger partial charge in [0.1, 0.15) is 5.56 Å². The molecule has 2 aromatic carbocycles. The molecule has 0 spiro atoms. The van der Waals surface area contributed by atoms with Crippen LogP contribution in [0.25, 0.3) is 17.0 Å². The number of aromatic nitrogens is 1. The number of aromatic amines is 1. The summed E-state index contributed by atoms with van der Waals surface area (Å²) in [4.78, 5) is 27.6. The van der Waals surface area contributed by atoms with E-state index in [0.717, 1.165) is 5.56 Å². The van der Waals surface area contributed by atoms with Crippen LogP contribution in [0.2, 0.25) is 0 Å². The minimum Gasteiger partial charge on any atom is -0.360 e. The summed E-state index contributed by atoms with van der Waals surface area (Å²) in [6, 6.07) is 14.3. The molecule has 4 heteroatoms. The van der Waals surface area contributed by atoms with E-state index >= 15 is 0 Å². The van der Waals surface area contributed by atoms with Gasteiger partial charge in [0, 0.05) is 22.8 Å². The van der Waals surface area contributed by atoms with Gasteiger partial charge in [0.05, 0.1) is 0 Å². The zero-order valence-corrected chi connectivity index (χ0v) is 11.8. The summed E-state index contributed by atoms with van der Waals surface area (Å²) < 4.78 is 0. The molecule has 3 aromatic rings. The van der Waals surface area contributed by atoms with Crippen molar-refractivity contribution in [3.8, 4) is 0 Å². The van der Waals surface area contributed by atoms with Crippen LogP contribution in [0, 0.1) is 0 Å². The Labute approximate surface area is 127 Å². The quantitative estimate of drug-likeness (QED) is 0.776. The highest BCUT2D eigenvalue weighted by atomic mass is 16.2. The number of fused-ring (bicyclic) bond motifs is 1. The van der Waals surface area contributed by atoms with E-state index in [1.165, 1.54) is 6.20 Å². The van der Waals surface area contributed by atoms with Crippen molar-refractivity contribution in [2.75, 3.05) is 5.32 Å². The fraction of sp³-hybridized carbons (Fsp3) is 0. The van der Waals surface area contributed by atoms with Crippen molar-refractivity contribution < 1.29 is 4.79 Å². The van der Waals surface area contributed by atoms with Crippen molar-refractivity contribution in [2.45, 2.75) is 0 Å². The predicted octanol–water partition coefficient (Wildman–Crippen LogP) is 3.42. The molecule has 0 saturated carbocycles. The third-order valence-corrected chi connectivity index (χ3v) is 3.44. The second-order valence-electron chi connectivity index (χ2n) is 4.86. The molecule has 0 bridgehead atoms. The monoisotopic (exact) mass is 290 g/mol. The van der Waals surface area contributed by atoms with E-state index in [-0.39, 0.29) is 11.0 Å². The Hall–Kier alpha value is -3.14. The molecule has 4 nitrogen and oxygen atoms in total. The number of amides is 1. The minimum atomic E-state index is -0.432. The summed E-state index contributed by atoms with van der Waals surface area (Å²) in [7, 11) is 0. The lowest BCUT2D eigenvalue weighted by atomic mass is 10.1. The molecule has 2 N–H and O–H groups in total. The van der Waals surface area contributed by atoms with Gasteiger partial charge in [-0.3, -0.25) is 9.59 Å². The molecule has 1 aromatic heterocycles. The molecule has 0 aliphatic carbocycles. The lowest BCUT2D eigenvalue weighted by Gasteiger charge is -2.06. The van der Waals surface area contributed by atoms with Crippen LogP contribution in [0.5, 0.6) is 0 Å². The van der Waals surface area contributed by atoms with E-state index in [4.69, 9.17) is 0 Å². The summed E-state index contributed by atoms with van der Waals surface area (Å²) in [5.41, 5.74) is 2.10. The third kappa shape index (κ3) is 2.54. The molecule has 0 radical (unpaired) electrons. The zero-order chi connectivity index (χ0) is 15.5. The van der Waals surface area contributed by atoms with E-state index in [1.807, 2.05) is 18.2 Å². The fourth-order valence-electron chi connectivity index (χ4n) is 2.24. The van der Waals surface area contributed by atoms with Gasteiger partial charge >= 0.3 is 0 Å². The molecular formula is C18H14N2O2. The standard InChI is InChI=1S/C18H14N2O2/c1-2-12-7-9-13(10-8-12)20-18(22)15-11-19-16-6-4-3-5-14(16)17(15)21/h2-11H,1H2,(H,19,21)(H,20,22). The molecule has 3 rings (SSSR count). The van der Waals surface area contributed by atoms with Gasteiger partial charge in [-0.25, -0.2) is 0 Å². The van der Waals surface area contributed by atoms with Crippen LogP contribution in [0.3, 0.4) is 0 Å². The van der Waals surface area contributed by atoms with Crippen LogP contribution in [0.1, 0.15) is 15.9 Å². The zero-order valence-electron chi connectivity index (χ0n) is 11.8. The van der Waals surface area contributed by atoms with E-state index in [0.29, 0.717) is 16.6 Å². The van der Waals surface area contributed by atoms with Gasteiger partial charge in [-0.1, -0.05) is 36.9 Å². The first-order valence-corrected chi connectivity index (χ1v) is 6.83. The predicted molar refractivity (Wildman–Crippen MR) is 89.1 cm³/mol. The van der Waals surface area contributed by atoms with Crippen LogP contribution < -0.4 is 10.7 Å². The Morgan fingerprint density at radius 3 is 2.55 bits per heavy atom. The minimum absolute atomic E-state index is 0.0893. The fourth-order valence-corrected chi connectivity index (χ4v) is 2.24. The van der Waals surface area contributed by atoms with Gasteiger partial charge in [0.15, 0.2) is 0 Å². The number of rotatable bonds is 3. The highest BCUT2D eigenvalue weighted by Gasteiger charge is 2.12. The highest BCUT2D eigenvalue weighted by Crippen LogP contribution is 2.12. The summed E-state index contributed by atoms with van der Waals surface area (Å²) in [5.74, 6) is -0.432. The molecule has 22 heavy (non-hydrogen) atoms. The van der Waals surface area contributed by atoms with E-state index in [1.54, 1.807) is 36.4 Å². The second kappa shape index (κ2) is 5.69. The smallest absolute Gasteiger partial charge is 0.261 e. The SMILES string of the molecule is C=Cc1ccc(NC(=O)c2c[nH]c3ccccc3c2=O)cc1. The Bertz CT molecular complexity index is 908. The van der Waals surface area contributed by atoms with Gasteiger partial charge in [-0.05, 0) is 29.8 Å². The summed E-state index contributed by atoms with van der Waals surface area (Å²) in [6.45, 7) is 3.68. The molecule has 1 amide bonds. The van der Waals surface area contributed by atoms with Gasteiger partial charge in [0.25, 0.3) is 5.91 Å². The largest absolute Gasteiger partial charge is 0.360 e. The van der Waals surface area contributed by atoms with Crippen molar-refractivity contribution in [1.29, 1.82) is 0 Å². The third-order valence-electron chi connectivity index (χ3n) is 3.44. The molecule has 0 aliphatic rings. The number of hydrogen-bond donors (Lipinski definition) is 2. The van der Waals surface area contributed by atoms with Crippen LogP contribution >= 0.6 is 0 Å². The highest BCUT2D eigenvalue weighted by molar-refractivity contribution is 6.05. The number of H-pyrrole nitrogens is 1. The topological polar surface area (TPSA) is 62.0 Å². The van der Waals surface area contributed by atoms with Crippen LogP contribution in [-0.4, -0.2) is 10.9 Å². The van der Waals surface area contributed by atoms with Gasteiger partial charge in [-0.15, -0.1) is 0 Å². The van der Waals surface area contributed by atoms with Gasteiger partial charge in [0.2, 0.25) is 5.43 Å². The maximum atomic E-state index is 12.4. The maximum absolute atomic E-state index is 12.4. The normalized spacial score (nSPS) is 10.4. The number of pyridine rings is 1. The average Bonchev–Trinajstić information content (AvgIpc) is 2.56. The number of carbonyl (C=O) groups is 1. The van der Waals surface area contributed by atoms with Crippen molar-refractivity contribution in [3.05, 3.63) is 82.7 Å². The molecule has 0 unspecified atom stereocenters. The van der Waals surface area contributed by atoms with E-state index < -0.39 is 5.91 Å². The first kappa shape index (κ1) is 13.8. The van der Waals surface area contributed by atoms with E-state index in [2.05, 4.69) is 16.9 Å². The average molecular weight is 290 g/mol. The Morgan fingerprint density at radius 1 is 1.09 bits per heavy atom.